The van der Waals surface area contributed by atoms with E-state index >= 15 is 0 Å². The number of ether oxygens (including phenoxy) is 1. The van der Waals surface area contributed by atoms with Gasteiger partial charge in [-0.15, -0.1) is 0 Å². The fraction of sp³-hybridized carbons (Fsp3) is 0.786. The monoisotopic (exact) mass is 294 g/mol. The highest BCUT2D eigenvalue weighted by Crippen LogP contribution is 2.17. The Hall–Kier alpha value is -1.63. The zero-order chi connectivity index (χ0) is 15.1. The third-order valence-corrected chi connectivity index (χ3v) is 3.40. The molecule has 0 aliphatic carbocycles. The van der Waals surface area contributed by atoms with Gasteiger partial charge in [-0.3, -0.25) is 0 Å². The van der Waals surface area contributed by atoms with Gasteiger partial charge in [0.15, 0.2) is 0 Å². The van der Waals surface area contributed by atoms with Gasteiger partial charge in [-0.25, -0.2) is 0 Å². The molecule has 0 atom stereocenters. The normalized spacial score (nSPS) is 15.1. The molecule has 0 bridgehead atoms. The SMILES string of the molecule is CCCN(CC)c1nc(NCC)nc(N2CCOCC2)n1. The fourth-order valence-corrected chi connectivity index (χ4v) is 2.31. The van der Waals surface area contributed by atoms with Crippen molar-refractivity contribution in [2.75, 3.05) is 61.1 Å². The second-order valence-corrected chi connectivity index (χ2v) is 4.97. The molecule has 2 heterocycles. The molecule has 118 valence electrons. The Kier molecular flexibility index (Phi) is 5.98. The van der Waals surface area contributed by atoms with Crippen molar-refractivity contribution >= 4 is 17.8 Å². The quantitative estimate of drug-likeness (QED) is 0.814. The number of rotatable bonds is 7. The molecule has 7 nitrogen and oxygen atoms in total. The number of nitrogens with zero attached hydrogens (tertiary/aromatic N) is 5. The van der Waals surface area contributed by atoms with Crippen LogP contribution in [0.15, 0.2) is 0 Å². The van der Waals surface area contributed by atoms with E-state index in [0.29, 0.717) is 5.95 Å². The standard InChI is InChI=1S/C14H26N6O/c1-4-7-19(6-3)13-16-12(15-5-2)17-14(18-13)20-8-10-21-11-9-20/h4-11H2,1-3H3,(H,15,16,17,18). The first-order valence-electron chi connectivity index (χ1n) is 7.86. The molecule has 1 aromatic rings. The summed E-state index contributed by atoms with van der Waals surface area (Å²) in [7, 11) is 0. The minimum atomic E-state index is 0.651. The van der Waals surface area contributed by atoms with E-state index in [0.717, 1.165) is 64.3 Å². The lowest BCUT2D eigenvalue weighted by Crippen LogP contribution is -2.38. The summed E-state index contributed by atoms with van der Waals surface area (Å²) in [5.41, 5.74) is 0. The van der Waals surface area contributed by atoms with Crippen molar-refractivity contribution in [2.45, 2.75) is 27.2 Å². The van der Waals surface area contributed by atoms with Crippen molar-refractivity contribution in [3.8, 4) is 0 Å². The zero-order valence-electron chi connectivity index (χ0n) is 13.3. The van der Waals surface area contributed by atoms with Crippen LogP contribution >= 0.6 is 0 Å². The van der Waals surface area contributed by atoms with E-state index in [2.05, 4.69) is 43.9 Å². The van der Waals surface area contributed by atoms with E-state index in [9.17, 15) is 0 Å². The smallest absolute Gasteiger partial charge is 0.232 e. The van der Waals surface area contributed by atoms with Crippen molar-refractivity contribution in [1.29, 1.82) is 0 Å². The predicted molar refractivity (Wildman–Crippen MR) is 85.2 cm³/mol. The molecule has 0 aromatic carbocycles. The van der Waals surface area contributed by atoms with E-state index in [4.69, 9.17) is 4.74 Å². The molecule has 2 rings (SSSR count). The van der Waals surface area contributed by atoms with Crippen molar-refractivity contribution < 1.29 is 4.74 Å². The van der Waals surface area contributed by atoms with Crippen molar-refractivity contribution in [1.82, 2.24) is 15.0 Å². The molecular formula is C14H26N6O. The van der Waals surface area contributed by atoms with Gasteiger partial charge in [-0.2, -0.15) is 15.0 Å². The van der Waals surface area contributed by atoms with Crippen molar-refractivity contribution in [3.05, 3.63) is 0 Å². The van der Waals surface area contributed by atoms with Crippen LogP contribution in [-0.2, 0) is 4.74 Å². The van der Waals surface area contributed by atoms with Crippen molar-refractivity contribution in [2.24, 2.45) is 0 Å². The first kappa shape index (κ1) is 15.8. The summed E-state index contributed by atoms with van der Waals surface area (Å²) in [5.74, 6) is 2.15. The summed E-state index contributed by atoms with van der Waals surface area (Å²) in [6.45, 7) is 12.1. The van der Waals surface area contributed by atoms with Crippen LogP contribution in [0, 0.1) is 0 Å². The Morgan fingerprint density at radius 1 is 1.14 bits per heavy atom. The molecule has 7 heteroatoms. The minimum absolute atomic E-state index is 0.651. The summed E-state index contributed by atoms with van der Waals surface area (Å²) in [5, 5.41) is 3.20. The van der Waals surface area contributed by atoms with E-state index in [1.165, 1.54) is 0 Å². The molecule has 1 aliphatic rings. The van der Waals surface area contributed by atoms with Crippen LogP contribution in [0.25, 0.3) is 0 Å². The molecule has 1 N–H and O–H groups in total. The number of nitrogens with one attached hydrogen (secondary N) is 1. The zero-order valence-corrected chi connectivity index (χ0v) is 13.3. The van der Waals surface area contributed by atoms with Gasteiger partial charge in [0.1, 0.15) is 0 Å². The Balaban J connectivity index is 2.28. The predicted octanol–water partition coefficient (Wildman–Crippen LogP) is 1.38. The Morgan fingerprint density at radius 2 is 1.90 bits per heavy atom. The van der Waals surface area contributed by atoms with Gasteiger partial charge in [0, 0.05) is 32.7 Å². The minimum Gasteiger partial charge on any atom is -0.378 e. The number of morpholine rings is 1. The van der Waals surface area contributed by atoms with Gasteiger partial charge in [0.2, 0.25) is 17.8 Å². The highest BCUT2D eigenvalue weighted by Gasteiger charge is 2.18. The summed E-state index contributed by atoms with van der Waals surface area (Å²) in [4.78, 5) is 18.1. The van der Waals surface area contributed by atoms with E-state index in [1.54, 1.807) is 0 Å². The van der Waals surface area contributed by atoms with Gasteiger partial charge in [-0.05, 0) is 20.3 Å². The number of hydrogen-bond acceptors (Lipinski definition) is 7. The van der Waals surface area contributed by atoms with E-state index in [-0.39, 0.29) is 0 Å². The molecule has 1 aliphatic heterocycles. The van der Waals surface area contributed by atoms with Gasteiger partial charge in [-0.1, -0.05) is 6.92 Å². The van der Waals surface area contributed by atoms with Crippen LogP contribution < -0.4 is 15.1 Å². The fourth-order valence-electron chi connectivity index (χ4n) is 2.31. The van der Waals surface area contributed by atoms with Crippen LogP contribution in [0.3, 0.4) is 0 Å². The Bertz CT molecular complexity index is 412. The molecule has 21 heavy (non-hydrogen) atoms. The lowest BCUT2D eigenvalue weighted by molar-refractivity contribution is 0.122. The van der Waals surface area contributed by atoms with E-state index in [1.807, 2.05) is 6.92 Å². The van der Waals surface area contributed by atoms with Crippen LogP contribution in [0.5, 0.6) is 0 Å². The molecular weight excluding hydrogens is 268 g/mol. The summed E-state index contributed by atoms with van der Waals surface area (Å²) in [6, 6.07) is 0. The van der Waals surface area contributed by atoms with Crippen LogP contribution in [0.2, 0.25) is 0 Å². The van der Waals surface area contributed by atoms with Crippen molar-refractivity contribution in [3.63, 3.8) is 0 Å². The summed E-state index contributed by atoms with van der Waals surface area (Å²) in [6.07, 6.45) is 1.07. The second-order valence-electron chi connectivity index (χ2n) is 4.97. The average Bonchev–Trinajstić information content (AvgIpc) is 2.53. The molecule has 1 saturated heterocycles. The topological polar surface area (TPSA) is 66.4 Å². The lowest BCUT2D eigenvalue weighted by Gasteiger charge is -2.28. The first-order chi connectivity index (χ1) is 10.3. The molecule has 0 unspecified atom stereocenters. The number of hydrogen-bond donors (Lipinski definition) is 1. The summed E-state index contributed by atoms with van der Waals surface area (Å²) < 4.78 is 5.40. The molecule has 0 amide bonds. The van der Waals surface area contributed by atoms with Crippen LogP contribution in [0.1, 0.15) is 27.2 Å². The highest BCUT2D eigenvalue weighted by molar-refractivity contribution is 5.45. The number of aromatic nitrogens is 3. The van der Waals surface area contributed by atoms with Crippen LogP contribution in [0.4, 0.5) is 17.8 Å². The molecule has 0 radical (unpaired) electrons. The van der Waals surface area contributed by atoms with Gasteiger partial charge in [0.05, 0.1) is 13.2 Å². The average molecular weight is 294 g/mol. The van der Waals surface area contributed by atoms with Gasteiger partial charge < -0.3 is 19.9 Å². The van der Waals surface area contributed by atoms with Gasteiger partial charge >= 0.3 is 0 Å². The second kappa shape index (κ2) is 7.97. The molecule has 1 aromatic heterocycles. The lowest BCUT2D eigenvalue weighted by atomic mass is 10.4. The molecule has 0 spiro atoms. The van der Waals surface area contributed by atoms with E-state index < -0.39 is 0 Å². The third-order valence-electron chi connectivity index (χ3n) is 3.40. The van der Waals surface area contributed by atoms with Crippen LogP contribution in [-0.4, -0.2) is 60.9 Å². The highest BCUT2D eigenvalue weighted by atomic mass is 16.5. The maximum Gasteiger partial charge on any atom is 0.232 e. The largest absolute Gasteiger partial charge is 0.378 e. The maximum atomic E-state index is 5.40. The van der Waals surface area contributed by atoms with Gasteiger partial charge in [0.25, 0.3) is 0 Å². The Labute approximate surface area is 126 Å². The third kappa shape index (κ3) is 4.17. The maximum absolute atomic E-state index is 5.40. The molecule has 1 fully saturated rings. The summed E-state index contributed by atoms with van der Waals surface area (Å²) >= 11 is 0. The number of anilines is 3. The Morgan fingerprint density at radius 3 is 2.52 bits per heavy atom. The first-order valence-corrected chi connectivity index (χ1v) is 7.86. The molecule has 0 saturated carbocycles.